The third-order valence-corrected chi connectivity index (χ3v) is 3.68. The third-order valence-electron chi connectivity index (χ3n) is 3.68. The summed E-state index contributed by atoms with van der Waals surface area (Å²) in [5, 5.41) is 2.77. The van der Waals surface area contributed by atoms with Crippen LogP contribution in [0.5, 0.6) is 5.75 Å². The Morgan fingerprint density at radius 1 is 1.13 bits per heavy atom. The summed E-state index contributed by atoms with van der Waals surface area (Å²) in [7, 11) is 0. The lowest BCUT2D eigenvalue weighted by Crippen LogP contribution is -2.30. The molecule has 1 unspecified atom stereocenters. The first-order valence-corrected chi connectivity index (χ1v) is 7.88. The third kappa shape index (κ3) is 4.55. The highest BCUT2D eigenvalue weighted by atomic mass is 16.5. The van der Waals surface area contributed by atoms with Gasteiger partial charge >= 0.3 is 0 Å². The maximum atomic E-state index is 12.2. The number of hydrogen-bond donors (Lipinski definition) is 1. The zero-order valence-electron chi connectivity index (χ0n) is 14.4. The van der Waals surface area contributed by atoms with Crippen molar-refractivity contribution in [3.8, 4) is 5.75 Å². The van der Waals surface area contributed by atoms with Gasteiger partial charge in [0.15, 0.2) is 6.10 Å². The van der Waals surface area contributed by atoms with Gasteiger partial charge in [0, 0.05) is 5.69 Å². The highest BCUT2D eigenvalue weighted by Crippen LogP contribution is 2.24. The predicted octanol–water partition coefficient (Wildman–Crippen LogP) is 4.23. The summed E-state index contributed by atoms with van der Waals surface area (Å²) >= 11 is 0. The highest BCUT2D eigenvalue weighted by molar-refractivity contribution is 5.93. The number of aromatic nitrogens is 1. The number of hydrogen-bond acceptors (Lipinski definition) is 3. The van der Waals surface area contributed by atoms with E-state index in [-0.39, 0.29) is 5.91 Å². The van der Waals surface area contributed by atoms with Gasteiger partial charge in [0.1, 0.15) is 11.6 Å². The van der Waals surface area contributed by atoms with Crippen LogP contribution in [-0.2, 0) is 4.79 Å². The highest BCUT2D eigenvalue weighted by Gasteiger charge is 2.16. The number of rotatable bonds is 5. The Balaban J connectivity index is 2.02. The quantitative estimate of drug-likeness (QED) is 0.899. The van der Waals surface area contributed by atoms with Crippen LogP contribution < -0.4 is 10.1 Å². The van der Waals surface area contributed by atoms with Crippen molar-refractivity contribution in [2.75, 3.05) is 5.32 Å². The van der Waals surface area contributed by atoms with Gasteiger partial charge in [0.05, 0.1) is 0 Å². The Labute approximate surface area is 137 Å². The number of carbonyl (C=O) groups is 1. The lowest BCUT2D eigenvalue weighted by molar-refractivity contribution is -0.122. The average molecular weight is 312 g/mol. The summed E-state index contributed by atoms with van der Waals surface area (Å²) in [6.07, 6.45) is -0.596. The summed E-state index contributed by atoms with van der Waals surface area (Å²) in [5.74, 6) is 1.49. The zero-order chi connectivity index (χ0) is 17.0. The molecule has 23 heavy (non-hydrogen) atoms. The first kappa shape index (κ1) is 17.0. The van der Waals surface area contributed by atoms with E-state index in [0.717, 1.165) is 5.69 Å². The Morgan fingerprint density at radius 3 is 2.48 bits per heavy atom. The van der Waals surface area contributed by atoms with E-state index in [2.05, 4.69) is 37.1 Å². The van der Waals surface area contributed by atoms with Gasteiger partial charge in [-0.3, -0.25) is 4.79 Å². The average Bonchev–Trinajstić information content (AvgIpc) is 2.46. The first-order chi connectivity index (χ1) is 10.9. The van der Waals surface area contributed by atoms with Gasteiger partial charge in [-0.05, 0) is 62.1 Å². The minimum absolute atomic E-state index is 0.214. The largest absolute Gasteiger partial charge is 0.481 e. The van der Waals surface area contributed by atoms with Crippen molar-refractivity contribution in [1.82, 2.24) is 4.98 Å². The van der Waals surface area contributed by atoms with Crippen molar-refractivity contribution in [2.24, 2.45) is 0 Å². The van der Waals surface area contributed by atoms with Crippen LogP contribution >= 0.6 is 0 Å². The van der Waals surface area contributed by atoms with E-state index in [1.807, 2.05) is 31.2 Å². The van der Waals surface area contributed by atoms with E-state index in [4.69, 9.17) is 4.74 Å². The first-order valence-electron chi connectivity index (χ1n) is 7.88. The lowest BCUT2D eigenvalue weighted by Gasteiger charge is -2.16. The van der Waals surface area contributed by atoms with Crippen molar-refractivity contribution < 1.29 is 9.53 Å². The van der Waals surface area contributed by atoms with Crippen molar-refractivity contribution >= 4 is 11.7 Å². The van der Waals surface area contributed by atoms with E-state index in [9.17, 15) is 4.79 Å². The van der Waals surface area contributed by atoms with Crippen LogP contribution in [0.4, 0.5) is 5.82 Å². The Kier molecular flexibility index (Phi) is 5.37. The van der Waals surface area contributed by atoms with Crippen LogP contribution in [0, 0.1) is 13.8 Å². The predicted molar refractivity (Wildman–Crippen MR) is 93.0 cm³/mol. The number of benzene rings is 1. The molecule has 0 fully saturated rings. The Morgan fingerprint density at radius 2 is 1.87 bits per heavy atom. The van der Waals surface area contributed by atoms with Crippen molar-refractivity contribution in [3.63, 3.8) is 0 Å². The van der Waals surface area contributed by atoms with E-state index in [1.54, 1.807) is 13.0 Å². The van der Waals surface area contributed by atoms with E-state index < -0.39 is 6.10 Å². The second kappa shape index (κ2) is 7.27. The summed E-state index contributed by atoms with van der Waals surface area (Å²) in [6, 6.07) is 11.5. The van der Waals surface area contributed by atoms with Crippen molar-refractivity contribution in [3.05, 3.63) is 53.2 Å². The second-order valence-corrected chi connectivity index (χ2v) is 6.09. The fraction of sp³-hybridized carbons (Fsp3) is 0.368. The number of nitrogens with zero attached hydrogens (tertiary/aromatic N) is 1. The maximum absolute atomic E-state index is 12.2. The van der Waals surface area contributed by atoms with Crippen LogP contribution in [0.15, 0.2) is 36.4 Å². The Bertz CT molecular complexity index is 696. The summed E-state index contributed by atoms with van der Waals surface area (Å²) in [5.41, 5.74) is 3.32. The minimum Gasteiger partial charge on any atom is -0.481 e. The molecule has 0 aliphatic carbocycles. The van der Waals surface area contributed by atoms with Crippen LogP contribution in [0.2, 0.25) is 0 Å². The van der Waals surface area contributed by atoms with Gasteiger partial charge in [0.2, 0.25) is 0 Å². The summed E-state index contributed by atoms with van der Waals surface area (Å²) in [4.78, 5) is 16.5. The number of pyridine rings is 1. The maximum Gasteiger partial charge on any atom is 0.266 e. The molecule has 1 aromatic heterocycles. The monoisotopic (exact) mass is 312 g/mol. The molecular weight excluding hydrogens is 288 g/mol. The number of nitrogens with one attached hydrogen (secondary N) is 1. The van der Waals surface area contributed by atoms with Crippen LogP contribution in [0.25, 0.3) is 0 Å². The molecule has 1 amide bonds. The van der Waals surface area contributed by atoms with Gasteiger partial charge in [0.25, 0.3) is 5.91 Å². The molecule has 0 aliphatic rings. The summed E-state index contributed by atoms with van der Waals surface area (Å²) < 4.78 is 5.75. The molecule has 1 atom stereocenters. The molecule has 2 aromatic rings. The minimum atomic E-state index is -0.596. The topological polar surface area (TPSA) is 51.2 Å². The molecular formula is C19H24N2O2. The molecule has 4 nitrogen and oxygen atoms in total. The molecule has 0 saturated heterocycles. The number of ether oxygens (including phenoxy) is 1. The van der Waals surface area contributed by atoms with Gasteiger partial charge < -0.3 is 10.1 Å². The molecule has 1 aromatic carbocycles. The molecule has 0 spiro atoms. The molecule has 0 aliphatic heterocycles. The molecule has 1 N–H and O–H groups in total. The van der Waals surface area contributed by atoms with Gasteiger partial charge in [-0.2, -0.15) is 0 Å². The number of aryl methyl sites for hydroxylation is 2. The van der Waals surface area contributed by atoms with Crippen LogP contribution in [0.1, 0.15) is 43.5 Å². The van der Waals surface area contributed by atoms with Crippen LogP contribution in [-0.4, -0.2) is 17.0 Å². The number of amides is 1. The van der Waals surface area contributed by atoms with Gasteiger partial charge in [-0.15, -0.1) is 0 Å². The number of carbonyl (C=O) groups excluding carboxylic acids is 1. The van der Waals surface area contributed by atoms with Crippen LogP contribution in [0.3, 0.4) is 0 Å². The molecule has 0 saturated carbocycles. The fourth-order valence-electron chi connectivity index (χ4n) is 2.47. The molecule has 0 radical (unpaired) electrons. The van der Waals surface area contributed by atoms with Gasteiger partial charge in [-0.25, -0.2) is 4.98 Å². The smallest absolute Gasteiger partial charge is 0.266 e. The lowest BCUT2D eigenvalue weighted by atomic mass is 9.98. The Hall–Kier alpha value is -2.36. The number of anilines is 1. The van der Waals surface area contributed by atoms with Gasteiger partial charge in [-0.1, -0.05) is 26.0 Å². The fourth-order valence-corrected chi connectivity index (χ4v) is 2.47. The molecule has 1 heterocycles. The molecule has 122 valence electrons. The van der Waals surface area contributed by atoms with E-state index in [1.165, 1.54) is 11.1 Å². The standard InChI is InChI=1S/C19H24N2O2/c1-12(2)17-10-9-16(11-13(17)3)23-15(5)19(22)21-18-8-6-7-14(4)20-18/h6-12,15H,1-5H3,(H,20,21,22). The van der Waals surface area contributed by atoms with E-state index in [0.29, 0.717) is 17.5 Å². The molecule has 2 rings (SSSR count). The zero-order valence-corrected chi connectivity index (χ0v) is 14.4. The SMILES string of the molecule is Cc1cccc(NC(=O)C(C)Oc2ccc(C(C)C)c(C)c2)n1. The molecule has 4 heteroatoms. The van der Waals surface area contributed by atoms with Crippen molar-refractivity contribution in [2.45, 2.75) is 46.6 Å². The summed E-state index contributed by atoms with van der Waals surface area (Å²) in [6.45, 7) is 10.00. The van der Waals surface area contributed by atoms with E-state index >= 15 is 0 Å². The van der Waals surface area contributed by atoms with Crippen molar-refractivity contribution in [1.29, 1.82) is 0 Å². The normalized spacial score (nSPS) is 12.1. The molecule has 0 bridgehead atoms. The second-order valence-electron chi connectivity index (χ2n) is 6.09.